The molecule has 0 aliphatic heterocycles. The third kappa shape index (κ3) is 3.43. The van der Waals surface area contributed by atoms with Gasteiger partial charge in [-0.05, 0) is 19.9 Å². The molecule has 0 saturated heterocycles. The molecule has 0 fully saturated rings. The number of hydrogen-bond donors (Lipinski definition) is 1. The molecule has 0 atom stereocenters. The molecule has 19 heavy (non-hydrogen) atoms. The van der Waals surface area contributed by atoms with Gasteiger partial charge in [-0.15, -0.1) is 11.3 Å². The Hall–Kier alpha value is -1.18. The standard InChI is InChI=1S/C12H17NO4S2/c1-5-13(7-8(2)3)19(16,17)11-6-10(12(14)15)18-9(11)4/h6H,2,5,7H2,1,3-4H3,(H,14,15). The molecule has 0 saturated carbocycles. The van der Waals surface area contributed by atoms with E-state index < -0.39 is 16.0 Å². The highest BCUT2D eigenvalue weighted by atomic mass is 32.2. The molecule has 0 aliphatic rings. The number of sulfonamides is 1. The second kappa shape index (κ2) is 5.85. The Kier molecular flexibility index (Phi) is 4.89. The van der Waals surface area contributed by atoms with Crippen molar-refractivity contribution in [3.8, 4) is 0 Å². The van der Waals surface area contributed by atoms with Gasteiger partial charge in [0.2, 0.25) is 10.0 Å². The average molecular weight is 303 g/mol. The van der Waals surface area contributed by atoms with Crippen molar-refractivity contribution >= 4 is 27.3 Å². The van der Waals surface area contributed by atoms with Crippen molar-refractivity contribution in [1.29, 1.82) is 0 Å². The maximum atomic E-state index is 12.5. The lowest BCUT2D eigenvalue weighted by atomic mass is 10.3. The third-order valence-corrected chi connectivity index (χ3v) is 5.71. The van der Waals surface area contributed by atoms with Crippen LogP contribution < -0.4 is 0 Å². The van der Waals surface area contributed by atoms with E-state index in [1.165, 1.54) is 10.4 Å². The van der Waals surface area contributed by atoms with Gasteiger partial charge in [0.05, 0.1) is 4.90 Å². The van der Waals surface area contributed by atoms with E-state index in [4.69, 9.17) is 5.11 Å². The SMILES string of the molecule is C=C(C)CN(CC)S(=O)(=O)c1cc(C(=O)O)sc1C. The second-order valence-corrected chi connectivity index (χ2v) is 7.39. The second-order valence-electron chi connectivity index (χ2n) is 4.22. The van der Waals surface area contributed by atoms with Crippen LogP contribution in [0.3, 0.4) is 0 Å². The van der Waals surface area contributed by atoms with E-state index in [2.05, 4.69) is 6.58 Å². The summed E-state index contributed by atoms with van der Waals surface area (Å²) < 4.78 is 26.2. The molecule has 0 aliphatic carbocycles. The fourth-order valence-corrected chi connectivity index (χ4v) is 4.54. The number of nitrogens with zero attached hydrogens (tertiary/aromatic N) is 1. The molecule has 0 unspecified atom stereocenters. The van der Waals surface area contributed by atoms with E-state index in [-0.39, 0.29) is 16.3 Å². The molecular formula is C12H17NO4S2. The Bertz CT molecular complexity index is 601. The maximum Gasteiger partial charge on any atom is 0.345 e. The third-order valence-electron chi connectivity index (χ3n) is 2.50. The minimum atomic E-state index is -3.67. The van der Waals surface area contributed by atoms with E-state index in [0.29, 0.717) is 11.4 Å². The van der Waals surface area contributed by atoms with E-state index in [9.17, 15) is 13.2 Å². The number of carbonyl (C=O) groups is 1. The Balaban J connectivity index is 3.25. The van der Waals surface area contributed by atoms with Crippen LogP contribution in [0.1, 0.15) is 28.4 Å². The van der Waals surface area contributed by atoms with E-state index >= 15 is 0 Å². The first kappa shape index (κ1) is 15.9. The number of aromatic carboxylic acids is 1. The molecule has 0 spiro atoms. The lowest BCUT2D eigenvalue weighted by molar-refractivity contribution is 0.0702. The molecule has 1 rings (SSSR count). The highest BCUT2D eigenvalue weighted by molar-refractivity contribution is 7.89. The first-order chi connectivity index (χ1) is 8.70. The number of carboxylic acids is 1. The topological polar surface area (TPSA) is 74.7 Å². The van der Waals surface area contributed by atoms with E-state index in [1.807, 2.05) is 0 Å². The van der Waals surface area contributed by atoms with E-state index in [1.54, 1.807) is 20.8 Å². The summed E-state index contributed by atoms with van der Waals surface area (Å²) in [7, 11) is -3.67. The summed E-state index contributed by atoms with van der Waals surface area (Å²) in [6.45, 7) is 9.35. The number of hydrogen-bond acceptors (Lipinski definition) is 4. The molecule has 7 heteroatoms. The van der Waals surface area contributed by atoms with Crippen LogP contribution in [0.5, 0.6) is 0 Å². The zero-order valence-electron chi connectivity index (χ0n) is 11.1. The summed E-state index contributed by atoms with van der Waals surface area (Å²) in [6, 6.07) is 1.22. The van der Waals surface area contributed by atoms with Crippen LogP contribution in [0, 0.1) is 6.92 Å². The summed E-state index contributed by atoms with van der Waals surface area (Å²) in [4.78, 5) is 11.5. The van der Waals surface area contributed by atoms with Crippen LogP contribution in [-0.4, -0.2) is 36.9 Å². The normalized spacial score (nSPS) is 11.8. The van der Waals surface area contributed by atoms with Crippen molar-refractivity contribution in [2.75, 3.05) is 13.1 Å². The van der Waals surface area contributed by atoms with Crippen LogP contribution >= 0.6 is 11.3 Å². The first-order valence-electron chi connectivity index (χ1n) is 5.68. The smallest absolute Gasteiger partial charge is 0.345 e. The summed E-state index contributed by atoms with van der Waals surface area (Å²) in [6.07, 6.45) is 0. The maximum absolute atomic E-state index is 12.5. The summed E-state index contributed by atoms with van der Waals surface area (Å²) in [5.41, 5.74) is 0.733. The van der Waals surface area contributed by atoms with Gasteiger partial charge in [0.25, 0.3) is 0 Å². The molecule has 0 radical (unpaired) electrons. The fourth-order valence-electron chi connectivity index (χ4n) is 1.63. The van der Waals surface area contributed by atoms with Crippen LogP contribution in [-0.2, 0) is 10.0 Å². The molecule has 1 heterocycles. The molecule has 106 valence electrons. The van der Waals surface area contributed by atoms with E-state index in [0.717, 1.165) is 16.9 Å². The average Bonchev–Trinajstić information content (AvgIpc) is 2.68. The van der Waals surface area contributed by atoms with Gasteiger partial charge >= 0.3 is 5.97 Å². The zero-order chi connectivity index (χ0) is 14.8. The number of likely N-dealkylation sites (N-methyl/N-ethyl adjacent to an activating group) is 1. The zero-order valence-corrected chi connectivity index (χ0v) is 12.8. The minimum Gasteiger partial charge on any atom is -0.477 e. The van der Waals surface area contributed by atoms with Crippen LogP contribution in [0.15, 0.2) is 23.1 Å². The Morgan fingerprint density at radius 1 is 1.53 bits per heavy atom. The molecule has 1 N–H and O–H groups in total. The van der Waals surface area contributed by atoms with Gasteiger partial charge in [0.1, 0.15) is 4.88 Å². The molecule has 1 aromatic rings. The highest BCUT2D eigenvalue weighted by Crippen LogP contribution is 2.28. The quantitative estimate of drug-likeness (QED) is 0.819. The number of carboxylic acid groups (broad SMARTS) is 1. The fraction of sp³-hybridized carbons (Fsp3) is 0.417. The van der Waals surface area contributed by atoms with Crippen LogP contribution in [0.2, 0.25) is 0 Å². The monoisotopic (exact) mass is 303 g/mol. The number of aryl methyl sites for hydroxylation is 1. The Labute approximate surface area is 117 Å². The Morgan fingerprint density at radius 3 is 2.47 bits per heavy atom. The predicted molar refractivity (Wildman–Crippen MR) is 75.3 cm³/mol. The number of thiophene rings is 1. The molecule has 1 aromatic heterocycles. The summed E-state index contributed by atoms with van der Waals surface area (Å²) in [5, 5.41) is 8.92. The van der Waals surface area contributed by atoms with Gasteiger partial charge in [-0.1, -0.05) is 19.1 Å². The van der Waals surface area contributed by atoms with Gasteiger partial charge < -0.3 is 5.11 Å². The lowest BCUT2D eigenvalue weighted by Crippen LogP contribution is -2.32. The number of rotatable bonds is 6. The van der Waals surface area contributed by atoms with Crippen LogP contribution in [0.25, 0.3) is 0 Å². The van der Waals surface area contributed by atoms with Crippen molar-refractivity contribution in [3.63, 3.8) is 0 Å². The minimum absolute atomic E-state index is 0.0300. The largest absolute Gasteiger partial charge is 0.477 e. The predicted octanol–water partition coefficient (Wildman–Crippen LogP) is 2.34. The lowest BCUT2D eigenvalue weighted by Gasteiger charge is -2.20. The summed E-state index contributed by atoms with van der Waals surface area (Å²) in [5.74, 6) is -1.11. The van der Waals surface area contributed by atoms with Crippen molar-refractivity contribution in [1.82, 2.24) is 4.31 Å². The molecule has 0 amide bonds. The van der Waals surface area contributed by atoms with Crippen molar-refractivity contribution in [3.05, 3.63) is 28.0 Å². The van der Waals surface area contributed by atoms with Crippen molar-refractivity contribution in [2.24, 2.45) is 0 Å². The molecule has 5 nitrogen and oxygen atoms in total. The molecule has 0 bridgehead atoms. The molecular weight excluding hydrogens is 286 g/mol. The van der Waals surface area contributed by atoms with Gasteiger partial charge in [-0.25, -0.2) is 13.2 Å². The van der Waals surface area contributed by atoms with Gasteiger partial charge in [-0.3, -0.25) is 0 Å². The van der Waals surface area contributed by atoms with Gasteiger partial charge in [0.15, 0.2) is 0 Å². The van der Waals surface area contributed by atoms with Gasteiger partial charge in [-0.2, -0.15) is 4.31 Å². The molecule has 0 aromatic carbocycles. The van der Waals surface area contributed by atoms with Gasteiger partial charge in [0, 0.05) is 18.0 Å². The Morgan fingerprint density at radius 2 is 2.11 bits per heavy atom. The summed E-state index contributed by atoms with van der Waals surface area (Å²) >= 11 is 0.968. The van der Waals surface area contributed by atoms with Crippen LogP contribution in [0.4, 0.5) is 0 Å². The first-order valence-corrected chi connectivity index (χ1v) is 7.94. The van der Waals surface area contributed by atoms with Crippen molar-refractivity contribution in [2.45, 2.75) is 25.7 Å². The highest BCUT2D eigenvalue weighted by Gasteiger charge is 2.27. The van der Waals surface area contributed by atoms with Crippen molar-refractivity contribution < 1.29 is 18.3 Å².